The van der Waals surface area contributed by atoms with Crippen molar-refractivity contribution < 1.29 is 19.2 Å². The normalized spacial score (nSPS) is 10.3. The highest BCUT2D eigenvalue weighted by Crippen LogP contribution is 2.22. The Kier molecular flexibility index (Phi) is 4.93. The van der Waals surface area contributed by atoms with Gasteiger partial charge in [-0.2, -0.15) is 5.10 Å². The molecule has 8 nitrogen and oxygen atoms in total. The zero-order chi connectivity index (χ0) is 18.5. The van der Waals surface area contributed by atoms with Gasteiger partial charge in [0.05, 0.1) is 29.5 Å². The van der Waals surface area contributed by atoms with Gasteiger partial charge < -0.3 is 9.47 Å². The molecule has 0 saturated carbocycles. The average Bonchev–Trinajstić information content (AvgIpc) is 3.11. The summed E-state index contributed by atoms with van der Waals surface area (Å²) in [5.41, 5.74) is 0.938. The molecule has 0 N–H and O–H groups in total. The van der Waals surface area contributed by atoms with Gasteiger partial charge in [-0.1, -0.05) is 30.3 Å². The highest BCUT2D eigenvalue weighted by Gasteiger charge is 2.21. The Morgan fingerprint density at radius 1 is 1.15 bits per heavy atom. The molecule has 0 radical (unpaired) electrons. The minimum Gasteiger partial charge on any atom is -0.493 e. The van der Waals surface area contributed by atoms with Gasteiger partial charge in [-0.25, -0.2) is 9.48 Å². The molecule has 1 heterocycles. The number of hydrogen-bond donors (Lipinski definition) is 0. The smallest absolute Gasteiger partial charge is 0.363 e. The second kappa shape index (κ2) is 7.47. The molecule has 2 aromatic carbocycles. The lowest BCUT2D eigenvalue weighted by Crippen LogP contribution is -2.09. The molecule has 0 bridgehead atoms. The van der Waals surface area contributed by atoms with E-state index in [4.69, 9.17) is 9.47 Å². The fourth-order valence-corrected chi connectivity index (χ4v) is 2.38. The predicted molar refractivity (Wildman–Crippen MR) is 92.3 cm³/mol. The Bertz CT molecular complexity index is 937. The summed E-state index contributed by atoms with van der Waals surface area (Å²) in [6.07, 6.45) is 1.57. The second-order valence-electron chi connectivity index (χ2n) is 5.29. The van der Waals surface area contributed by atoms with Gasteiger partial charge in [0.25, 0.3) is 5.69 Å². The van der Waals surface area contributed by atoms with Crippen LogP contribution in [0.1, 0.15) is 16.1 Å². The summed E-state index contributed by atoms with van der Waals surface area (Å²) in [6.45, 7) is -0.239. The van der Waals surface area contributed by atoms with Crippen molar-refractivity contribution in [3.8, 4) is 11.4 Å². The van der Waals surface area contributed by atoms with Crippen LogP contribution in [-0.4, -0.2) is 27.8 Å². The number of ether oxygens (including phenoxy) is 2. The van der Waals surface area contributed by atoms with Crippen LogP contribution in [0, 0.1) is 10.1 Å². The largest absolute Gasteiger partial charge is 0.493 e. The van der Waals surface area contributed by atoms with Crippen molar-refractivity contribution in [3.63, 3.8) is 0 Å². The van der Waals surface area contributed by atoms with Crippen molar-refractivity contribution in [3.05, 3.63) is 82.2 Å². The number of benzene rings is 2. The van der Waals surface area contributed by atoms with Crippen LogP contribution in [0.4, 0.5) is 5.69 Å². The first kappa shape index (κ1) is 17.2. The van der Waals surface area contributed by atoms with Gasteiger partial charge in [0.15, 0.2) is 5.75 Å². The molecule has 0 spiro atoms. The fraction of sp³-hybridized carbons (Fsp3) is 0.111. The maximum Gasteiger partial charge on any atom is 0.363 e. The molecule has 8 heteroatoms. The van der Waals surface area contributed by atoms with E-state index in [1.807, 2.05) is 30.3 Å². The van der Waals surface area contributed by atoms with E-state index >= 15 is 0 Å². The van der Waals surface area contributed by atoms with Crippen molar-refractivity contribution in [1.82, 2.24) is 9.78 Å². The Morgan fingerprint density at radius 3 is 2.54 bits per heavy atom. The van der Waals surface area contributed by atoms with Crippen LogP contribution in [0.15, 0.2) is 60.8 Å². The van der Waals surface area contributed by atoms with E-state index in [2.05, 4.69) is 5.10 Å². The highest BCUT2D eigenvalue weighted by atomic mass is 16.6. The number of esters is 1. The number of nitro groups is 1. The first-order chi connectivity index (χ1) is 12.6. The van der Waals surface area contributed by atoms with E-state index in [-0.39, 0.29) is 23.7 Å². The third-order valence-corrected chi connectivity index (χ3v) is 3.66. The van der Waals surface area contributed by atoms with Crippen LogP contribution >= 0.6 is 0 Å². The first-order valence-corrected chi connectivity index (χ1v) is 7.68. The van der Waals surface area contributed by atoms with E-state index < -0.39 is 10.9 Å². The monoisotopic (exact) mass is 353 g/mol. The summed E-state index contributed by atoms with van der Waals surface area (Å²) in [5.74, 6) is -0.476. The summed E-state index contributed by atoms with van der Waals surface area (Å²) in [5, 5.41) is 15.2. The number of nitrogens with zero attached hydrogens (tertiary/aromatic N) is 3. The van der Waals surface area contributed by atoms with Crippen molar-refractivity contribution in [2.75, 3.05) is 7.11 Å². The maximum atomic E-state index is 12.4. The predicted octanol–water partition coefficient (Wildman–Crippen LogP) is 3.15. The van der Waals surface area contributed by atoms with E-state index in [9.17, 15) is 14.9 Å². The second-order valence-corrected chi connectivity index (χ2v) is 5.29. The van der Waals surface area contributed by atoms with Gasteiger partial charge in [0.2, 0.25) is 5.69 Å². The lowest BCUT2D eigenvalue weighted by molar-refractivity contribution is -0.385. The zero-order valence-electron chi connectivity index (χ0n) is 13.9. The first-order valence-electron chi connectivity index (χ1n) is 7.68. The zero-order valence-corrected chi connectivity index (χ0v) is 13.9. The molecule has 3 rings (SSSR count). The minimum absolute atomic E-state index is 0.00469. The molecule has 0 amide bonds. The van der Waals surface area contributed by atoms with Gasteiger partial charge in [-0.15, -0.1) is 0 Å². The van der Waals surface area contributed by atoms with Crippen LogP contribution in [0.3, 0.4) is 0 Å². The molecular weight excluding hydrogens is 338 g/mol. The molecule has 1 aromatic heterocycles. The highest BCUT2D eigenvalue weighted by molar-refractivity contribution is 5.90. The number of aromatic nitrogens is 2. The van der Waals surface area contributed by atoms with Crippen LogP contribution in [0.2, 0.25) is 0 Å². The number of para-hydroxylation sites is 2. The van der Waals surface area contributed by atoms with Crippen LogP contribution < -0.4 is 4.74 Å². The number of rotatable bonds is 6. The van der Waals surface area contributed by atoms with E-state index in [0.717, 1.165) is 5.69 Å². The molecule has 3 aromatic rings. The lowest BCUT2D eigenvalue weighted by atomic mass is 10.2. The SMILES string of the molecule is COc1cn(-c2ccccc2)nc1C(=O)OCc1ccccc1[N+](=O)[O-]. The molecule has 26 heavy (non-hydrogen) atoms. The van der Waals surface area contributed by atoms with Crippen molar-refractivity contribution in [2.45, 2.75) is 6.61 Å². The standard InChI is InChI=1S/C18H15N3O5/c1-25-16-11-20(14-8-3-2-4-9-14)19-17(16)18(22)26-12-13-7-5-6-10-15(13)21(23)24/h2-11H,12H2,1H3. The number of carbonyl (C=O) groups is 1. The number of methoxy groups -OCH3 is 1. The lowest BCUT2D eigenvalue weighted by Gasteiger charge is -2.05. The summed E-state index contributed by atoms with van der Waals surface area (Å²) in [4.78, 5) is 22.9. The minimum atomic E-state index is -0.727. The molecule has 0 aliphatic heterocycles. The van der Waals surface area contributed by atoms with Gasteiger partial charge in [-0.3, -0.25) is 10.1 Å². The Labute approximate surface area is 148 Å². The van der Waals surface area contributed by atoms with Crippen LogP contribution in [-0.2, 0) is 11.3 Å². The van der Waals surface area contributed by atoms with Gasteiger partial charge in [-0.05, 0) is 18.2 Å². The number of hydrogen-bond acceptors (Lipinski definition) is 6. The summed E-state index contributed by atoms with van der Waals surface area (Å²) >= 11 is 0. The number of nitro benzene ring substituents is 1. The van der Waals surface area contributed by atoms with E-state index in [0.29, 0.717) is 5.56 Å². The van der Waals surface area contributed by atoms with E-state index in [1.54, 1.807) is 18.3 Å². The van der Waals surface area contributed by atoms with Crippen molar-refractivity contribution in [2.24, 2.45) is 0 Å². The topological polar surface area (TPSA) is 96.5 Å². The Balaban J connectivity index is 1.80. The van der Waals surface area contributed by atoms with Gasteiger partial charge in [0.1, 0.15) is 6.61 Å². The molecule has 132 valence electrons. The Morgan fingerprint density at radius 2 is 1.85 bits per heavy atom. The average molecular weight is 353 g/mol. The quantitative estimate of drug-likeness (QED) is 0.384. The molecule has 0 aliphatic carbocycles. The molecule has 0 unspecified atom stereocenters. The summed E-state index contributed by atoms with van der Waals surface area (Å²) in [7, 11) is 1.42. The summed E-state index contributed by atoms with van der Waals surface area (Å²) < 4.78 is 11.9. The van der Waals surface area contributed by atoms with Gasteiger partial charge in [0, 0.05) is 6.07 Å². The van der Waals surface area contributed by atoms with Crippen molar-refractivity contribution >= 4 is 11.7 Å². The van der Waals surface area contributed by atoms with Gasteiger partial charge >= 0.3 is 5.97 Å². The number of carbonyl (C=O) groups excluding carboxylic acids is 1. The summed E-state index contributed by atoms with van der Waals surface area (Å²) in [6, 6.07) is 15.3. The molecule has 0 saturated heterocycles. The third-order valence-electron chi connectivity index (χ3n) is 3.66. The Hall–Kier alpha value is -3.68. The third kappa shape index (κ3) is 3.54. The molecule has 0 fully saturated rings. The van der Waals surface area contributed by atoms with Crippen LogP contribution in [0.25, 0.3) is 5.69 Å². The van der Waals surface area contributed by atoms with Crippen LogP contribution in [0.5, 0.6) is 5.75 Å². The fourth-order valence-electron chi connectivity index (χ4n) is 2.38. The molecule has 0 atom stereocenters. The van der Waals surface area contributed by atoms with Crippen molar-refractivity contribution in [1.29, 1.82) is 0 Å². The molecular formula is C18H15N3O5. The van der Waals surface area contributed by atoms with E-state index in [1.165, 1.54) is 23.9 Å². The maximum absolute atomic E-state index is 12.4. The molecule has 0 aliphatic rings.